The van der Waals surface area contributed by atoms with Crippen molar-refractivity contribution in [1.82, 2.24) is 5.32 Å². The van der Waals surface area contributed by atoms with Gasteiger partial charge in [0.25, 0.3) is 0 Å². The largest absolute Gasteiger partial charge is 0.496 e. The molecule has 1 aromatic rings. The number of piperidine rings is 1. The lowest BCUT2D eigenvalue weighted by atomic mass is 9.95. The second-order valence-electron chi connectivity index (χ2n) is 4.24. The Kier molecular flexibility index (Phi) is 3.97. The zero-order valence-corrected chi connectivity index (χ0v) is 11.2. The van der Waals surface area contributed by atoms with Crippen LogP contribution in [0.3, 0.4) is 0 Å². The van der Waals surface area contributed by atoms with Crippen LogP contribution in [0.4, 0.5) is 0 Å². The van der Waals surface area contributed by atoms with Crippen molar-refractivity contribution < 1.29 is 14.3 Å². The molecule has 0 aromatic heterocycles. The highest BCUT2D eigenvalue weighted by Crippen LogP contribution is 2.39. The van der Waals surface area contributed by atoms with E-state index in [0.717, 1.165) is 18.4 Å². The maximum absolute atomic E-state index is 11.5. The maximum Gasteiger partial charge on any atom is 0.220 e. The third kappa shape index (κ3) is 2.53. The highest BCUT2D eigenvalue weighted by Gasteiger charge is 2.26. The number of halogens is 1. The second-order valence-corrected chi connectivity index (χ2v) is 4.67. The van der Waals surface area contributed by atoms with Gasteiger partial charge in [0.1, 0.15) is 11.5 Å². The van der Waals surface area contributed by atoms with Crippen molar-refractivity contribution in [3.05, 3.63) is 22.7 Å². The summed E-state index contributed by atoms with van der Waals surface area (Å²) < 4.78 is 10.7. The van der Waals surface area contributed by atoms with Crippen LogP contribution in [0.15, 0.2) is 12.1 Å². The third-order valence-corrected chi connectivity index (χ3v) is 3.31. The van der Waals surface area contributed by atoms with Gasteiger partial charge in [0.15, 0.2) is 0 Å². The van der Waals surface area contributed by atoms with Crippen LogP contribution in [0.2, 0.25) is 5.02 Å². The van der Waals surface area contributed by atoms with E-state index in [1.165, 1.54) is 0 Å². The van der Waals surface area contributed by atoms with Crippen LogP contribution >= 0.6 is 11.6 Å². The van der Waals surface area contributed by atoms with Crippen molar-refractivity contribution in [2.75, 3.05) is 14.2 Å². The summed E-state index contributed by atoms with van der Waals surface area (Å²) in [5.74, 6) is 1.35. The molecule has 1 saturated heterocycles. The molecular weight excluding hydrogens is 254 g/mol. The minimum atomic E-state index is -0.0755. The highest BCUT2D eigenvalue weighted by molar-refractivity contribution is 6.30. The summed E-state index contributed by atoms with van der Waals surface area (Å²) in [6.07, 6.45) is 2.32. The zero-order valence-electron chi connectivity index (χ0n) is 10.5. The fourth-order valence-electron chi connectivity index (χ4n) is 2.27. The number of nitrogens with one attached hydrogen (secondary N) is 1. The van der Waals surface area contributed by atoms with Crippen molar-refractivity contribution in [3.63, 3.8) is 0 Å². The van der Waals surface area contributed by atoms with Gasteiger partial charge >= 0.3 is 0 Å². The van der Waals surface area contributed by atoms with Crippen LogP contribution in [0.5, 0.6) is 11.5 Å². The Balaban J connectivity index is 2.43. The molecule has 0 saturated carbocycles. The van der Waals surface area contributed by atoms with Gasteiger partial charge in [-0.2, -0.15) is 0 Å². The number of benzene rings is 1. The van der Waals surface area contributed by atoms with E-state index in [-0.39, 0.29) is 11.9 Å². The molecule has 4 nitrogen and oxygen atoms in total. The van der Waals surface area contributed by atoms with E-state index in [9.17, 15) is 4.79 Å². The summed E-state index contributed by atoms with van der Waals surface area (Å²) in [5, 5.41) is 3.51. The SMILES string of the molecule is COc1cc(Cl)cc(OC)c1C1CCCC(=O)N1. The molecule has 1 fully saturated rings. The Morgan fingerprint density at radius 2 is 1.89 bits per heavy atom. The number of hydrogen-bond acceptors (Lipinski definition) is 3. The number of methoxy groups -OCH3 is 2. The molecule has 0 radical (unpaired) electrons. The molecule has 0 spiro atoms. The topological polar surface area (TPSA) is 47.6 Å². The molecular formula is C13H16ClNO3. The van der Waals surface area contributed by atoms with Crippen molar-refractivity contribution in [2.24, 2.45) is 0 Å². The summed E-state index contributed by atoms with van der Waals surface area (Å²) in [4.78, 5) is 11.5. The Morgan fingerprint density at radius 3 is 2.39 bits per heavy atom. The molecule has 0 bridgehead atoms. The predicted octanol–water partition coefficient (Wildman–Crippen LogP) is 2.70. The van der Waals surface area contributed by atoms with Gasteiger partial charge in [0, 0.05) is 11.4 Å². The fourth-order valence-corrected chi connectivity index (χ4v) is 2.47. The molecule has 1 aromatic carbocycles. The first-order chi connectivity index (χ1) is 8.65. The molecule has 1 heterocycles. The monoisotopic (exact) mass is 269 g/mol. The summed E-state index contributed by atoms with van der Waals surface area (Å²) in [6.45, 7) is 0. The molecule has 1 N–H and O–H groups in total. The molecule has 18 heavy (non-hydrogen) atoms. The first kappa shape index (κ1) is 13.0. The Hall–Kier alpha value is -1.42. The van der Waals surface area contributed by atoms with E-state index in [1.807, 2.05) is 0 Å². The van der Waals surface area contributed by atoms with Crippen LogP contribution in [0.25, 0.3) is 0 Å². The summed E-state index contributed by atoms with van der Waals surface area (Å²) in [7, 11) is 3.17. The lowest BCUT2D eigenvalue weighted by Gasteiger charge is -2.26. The average Bonchev–Trinajstić information content (AvgIpc) is 2.37. The van der Waals surface area contributed by atoms with E-state index in [1.54, 1.807) is 26.4 Å². The third-order valence-electron chi connectivity index (χ3n) is 3.09. The van der Waals surface area contributed by atoms with Gasteiger partial charge in [-0.1, -0.05) is 11.6 Å². The quantitative estimate of drug-likeness (QED) is 0.918. The van der Waals surface area contributed by atoms with Gasteiger partial charge in [0.2, 0.25) is 5.91 Å². The van der Waals surface area contributed by atoms with Crippen molar-refractivity contribution >= 4 is 17.5 Å². The Labute approximate surface area is 111 Å². The van der Waals surface area contributed by atoms with Crippen molar-refractivity contribution in [2.45, 2.75) is 25.3 Å². The number of carbonyl (C=O) groups excluding carboxylic acids is 1. The standard InChI is InChI=1S/C13H16ClNO3/c1-17-10-6-8(14)7-11(18-2)13(10)9-4-3-5-12(16)15-9/h6-7,9H,3-5H2,1-2H3,(H,15,16). The lowest BCUT2D eigenvalue weighted by molar-refractivity contribution is -0.123. The van der Waals surface area contributed by atoms with E-state index < -0.39 is 0 Å². The van der Waals surface area contributed by atoms with Crippen molar-refractivity contribution in [3.8, 4) is 11.5 Å². The minimum Gasteiger partial charge on any atom is -0.496 e. The molecule has 1 unspecified atom stereocenters. The summed E-state index contributed by atoms with van der Waals surface area (Å²) in [6, 6.07) is 3.40. The van der Waals surface area contributed by atoms with Crippen molar-refractivity contribution in [1.29, 1.82) is 0 Å². The van der Waals surface area contributed by atoms with Crippen LogP contribution in [-0.4, -0.2) is 20.1 Å². The number of carbonyl (C=O) groups is 1. The molecule has 5 heteroatoms. The Morgan fingerprint density at radius 1 is 1.28 bits per heavy atom. The van der Waals surface area contributed by atoms with Gasteiger partial charge in [-0.3, -0.25) is 4.79 Å². The molecule has 1 aliphatic rings. The molecule has 0 aliphatic carbocycles. The van der Waals surface area contributed by atoms with Crippen LogP contribution in [-0.2, 0) is 4.79 Å². The first-order valence-corrected chi connectivity index (χ1v) is 6.24. The number of rotatable bonds is 3. The van der Waals surface area contributed by atoms with Crippen LogP contribution < -0.4 is 14.8 Å². The lowest BCUT2D eigenvalue weighted by Crippen LogP contribution is -2.32. The normalized spacial score (nSPS) is 19.3. The number of ether oxygens (including phenoxy) is 2. The Bertz CT molecular complexity index is 437. The highest BCUT2D eigenvalue weighted by atomic mass is 35.5. The molecule has 1 aliphatic heterocycles. The van der Waals surface area contributed by atoms with E-state index in [0.29, 0.717) is 22.9 Å². The van der Waals surface area contributed by atoms with E-state index in [4.69, 9.17) is 21.1 Å². The number of amides is 1. The molecule has 1 atom stereocenters. The average molecular weight is 270 g/mol. The molecule has 1 amide bonds. The number of hydrogen-bond donors (Lipinski definition) is 1. The zero-order chi connectivity index (χ0) is 13.1. The van der Waals surface area contributed by atoms with Gasteiger partial charge in [0.05, 0.1) is 25.8 Å². The first-order valence-electron chi connectivity index (χ1n) is 5.86. The van der Waals surface area contributed by atoms with Crippen LogP contribution in [0.1, 0.15) is 30.9 Å². The van der Waals surface area contributed by atoms with Gasteiger partial charge in [-0.25, -0.2) is 0 Å². The summed E-state index contributed by atoms with van der Waals surface area (Å²) >= 11 is 6.00. The van der Waals surface area contributed by atoms with Gasteiger partial charge in [-0.05, 0) is 25.0 Å². The predicted molar refractivity (Wildman–Crippen MR) is 69.3 cm³/mol. The fraction of sp³-hybridized carbons (Fsp3) is 0.462. The summed E-state index contributed by atoms with van der Waals surface area (Å²) in [5.41, 5.74) is 0.859. The molecule has 2 rings (SSSR count). The van der Waals surface area contributed by atoms with Gasteiger partial charge in [-0.15, -0.1) is 0 Å². The minimum absolute atomic E-state index is 0.0605. The van der Waals surface area contributed by atoms with Gasteiger partial charge < -0.3 is 14.8 Å². The maximum atomic E-state index is 11.5. The molecule has 98 valence electrons. The van der Waals surface area contributed by atoms with E-state index >= 15 is 0 Å². The second kappa shape index (κ2) is 5.48. The van der Waals surface area contributed by atoms with Crippen LogP contribution in [0, 0.1) is 0 Å². The van der Waals surface area contributed by atoms with E-state index in [2.05, 4.69) is 5.32 Å². The smallest absolute Gasteiger partial charge is 0.220 e.